The smallest absolute Gasteiger partial charge is 0.230 e. The Morgan fingerprint density at radius 1 is 0.822 bits per heavy atom. The number of amides is 1. The number of carbonyl (C=O) groups excluding carboxylic acids is 1. The zero-order valence-corrected chi connectivity index (χ0v) is 26.8. The first kappa shape index (κ1) is 31.0. The van der Waals surface area contributed by atoms with Crippen LogP contribution in [-0.2, 0) is 17.8 Å². The number of rotatable bonds is 13. The van der Waals surface area contributed by atoms with Crippen LogP contribution in [-0.4, -0.2) is 82.5 Å². The Kier molecular flexibility index (Phi) is 10.6. The highest BCUT2D eigenvalue weighted by Gasteiger charge is 2.21. The predicted molar refractivity (Wildman–Crippen MR) is 184 cm³/mol. The fourth-order valence-electron chi connectivity index (χ4n) is 6.01. The van der Waals surface area contributed by atoms with Crippen molar-refractivity contribution in [2.75, 3.05) is 52.1 Å². The Morgan fingerprint density at radius 3 is 2.20 bits per heavy atom. The van der Waals surface area contributed by atoms with Crippen LogP contribution in [0.1, 0.15) is 34.9 Å². The molecule has 7 nitrogen and oxygen atoms in total. The Labute approximate surface area is 270 Å². The van der Waals surface area contributed by atoms with Gasteiger partial charge in [-0.1, -0.05) is 115 Å². The summed E-state index contributed by atoms with van der Waals surface area (Å²) >= 11 is 1.47. The number of hydrogen-bond donors (Lipinski definition) is 1. The zero-order chi connectivity index (χ0) is 30.8. The number of piperazine rings is 1. The third-order valence-corrected chi connectivity index (χ3v) is 9.61. The van der Waals surface area contributed by atoms with Crippen LogP contribution in [0.15, 0.2) is 108 Å². The summed E-state index contributed by atoms with van der Waals surface area (Å²) in [5.41, 5.74) is 3.67. The van der Waals surface area contributed by atoms with Crippen molar-refractivity contribution in [2.45, 2.75) is 30.5 Å². The zero-order valence-electron chi connectivity index (χ0n) is 26.0. The summed E-state index contributed by atoms with van der Waals surface area (Å²) < 4.78 is 2.23. The molecule has 232 valence electrons. The standard InChI is InChI=1S/C37H42N6OS/c1-41-21-23-42(24-22-41)20-10-19-38-36(44)28-45-37-40-39-35(26-29-17-18-30-11-8-9-16-33(30)25-29)43(37)27-34(31-12-4-2-5-13-31)32-14-6-3-7-15-32/h2-9,11-18,25,34H,10,19-24,26-28H2,1H3,(H,38,44). The molecule has 0 bridgehead atoms. The third-order valence-electron chi connectivity index (χ3n) is 8.64. The van der Waals surface area contributed by atoms with Crippen LogP contribution in [0, 0.1) is 0 Å². The lowest BCUT2D eigenvalue weighted by Crippen LogP contribution is -2.45. The number of thioether (sulfide) groups is 1. The highest BCUT2D eigenvalue weighted by atomic mass is 32.2. The average Bonchev–Trinajstić information content (AvgIpc) is 3.46. The molecule has 1 aliphatic rings. The van der Waals surface area contributed by atoms with Gasteiger partial charge in [-0.05, 0) is 47.5 Å². The SMILES string of the molecule is CN1CCN(CCCNC(=O)CSc2nnc(Cc3ccc4ccccc4c3)n2CC(c2ccccc2)c2ccccc2)CC1. The minimum absolute atomic E-state index is 0.0340. The lowest BCUT2D eigenvalue weighted by Gasteiger charge is -2.32. The lowest BCUT2D eigenvalue weighted by atomic mass is 9.91. The minimum atomic E-state index is 0.0340. The first-order chi connectivity index (χ1) is 22.1. The molecule has 4 aromatic carbocycles. The van der Waals surface area contributed by atoms with E-state index in [9.17, 15) is 4.79 Å². The maximum absolute atomic E-state index is 12.9. The van der Waals surface area contributed by atoms with Crippen molar-refractivity contribution in [1.82, 2.24) is 29.9 Å². The van der Waals surface area contributed by atoms with Crippen LogP contribution in [0.5, 0.6) is 0 Å². The molecule has 1 N–H and O–H groups in total. The monoisotopic (exact) mass is 618 g/mol. The molecule has 0 radical (unpaired) electrons. The number of nitrogens with zero attached hydrogens (tertiary/aromatic N) is 5. The van der Waals surface area contributed by atoms with E-state index < -0.39 is 0 Å². The van der Waals surface area contributed by atoms with Crippen LogP contribution < -0.4 is 5.32 Å². The van der Waals surface area contributed by atoms with Crippen molar-refractivity contribution < 1.29 is 4.79 Å². The maximum atomic E-state index is 12.9. The van der Waals surface area contributed by atoms with E-state index in [2.05, 4.69) is 135 Å². The van der Waals surface area contributed by atoms with E-state index in [0.29, 0.717) is 25.3 Å². The number of carbonyl (C=O) groups is 1. The number of fused-ring (bicyclic) bond motifs is 1. The van der Waals surface area contributed by atoms with Crippen molar-refractivity contribution in [3.63, 3.8) is 0 Å². The second-order valence-electron chi connectivity index (χ2n) is 11.9. The number of benzene rings is 4. The summed E-state index contributed by atoms with van der Waals surface area (Å²) in [4.78, 5) is 17.7. The summed E-state index contributed by atoms with van der Waals surface area (Å²) in [6.07, 6.45) is 1.62. The summed E-state index contributed by atoms with van der Waals surface area (Å²) in [5, 5.41) is 15.7. The number of nitrogens with one attached hydrogen (secondary N) is 1. The maximum Gasteiger partial charge on any atom is 0.230 e. The van der Waals surface area contributed by atoms with Gasteiger partial charge in [0, 0.05) is 51.6 Å². The Hall–Kier alpha value is -3.98. The molecule has 0 aliphatic carbocycles. The summed E-state index contributed by atoms with van der Waals surface area (Å²) in [5.74, 6) is 1.36. The number of aromatic nitrogens is 3. The molecule has 45 heavy (non-hydrogen) atoms. The van der Waals surface area contributed by atoms with Gasteiger partial charge in [0.15, 0.2) is 5.16 Å². The summed E-state index contributed by atoms with van der Waals surface area (Å²) in [6, 6.07) is 36.3. The van der Waals surface area contributed by atoms with Crippen LogP contribution in [0.25, 0.3) is 10.8 Å². The van der Waals surface area contributed by atoms with E-state index in [0.717, 1.165) is 50.1 Å². The molecule has 1 aromatic heterocycles. The quantitative estimate of drug-likeness (QED) is 0.135. The van der Waals surface area contributed by atoms with Gasteiger partial charge in [-0.25, -0.2) is 0 Å². The largest absolute Gasteiger partial charge is 0.355 e. The molecule has 1 amide bonds. The second-order valence-corrected chi connectivity index (χ2v) is 12.8. The topological polar surface area (TPSA) is 66.3 Å². The van der Waals surface area contributed by atoms with Gasteiger partial charge in [-0.15, -0.1) is 10.2 Å². The molecular formula is C37H42N6OS. The van der Waals surface area contributed by atoms with Gasteiger partial charge in [-0.2, -0.15) is 0 Å². The molecule has 0 spiro atoms. The van der Waals surface area contributed by atoms with Gasteiger partial charge in [0.2, 0.25) is 5.91 Å². The van der Waals surface area contributed by atoms with E-state index in [1.165, 1.54) is 39.2 Å². The van der Waals surface area contributed by atoms with Crippen LogP contribution >= 0.6 is 11.8 Å². The molecular weight excluding hydrogens is 577 g/mol. The highest BCUT2D eigenvalue weighted by Crippen LogP contribution is 2.30. The fraction of sp³-hybridized carbons (Fsp3) is 0.324. The Morgan fingerprint density at radius 2 is 1.49 bits per heavy atom. The van der Waals surface area contributed by atoms with Crippen molar-refractivity contribution in [3.8, 4) is 0 Å². The van der Waals surface area contributed by atoms with E-state index in [-0.39, 0.29) is 11.8 Å². The van der Waals surface area contributed by atoms with E-state index >= 15 is 0 Å². The van der Waals surface area contributed by atoms with Gasteiger partial charge in [-0.3, -0.25) is 4.79 Å². The molecule has 0 saturated carbocycles. The predicted octanol–water partition coefficient (Wildman–Crippen LogP) is 5.70. The van der Waals surface area contributed by atoms with Gasteiger partial charge < -0.3 is 19.7 Å². The average molecular weight is 619 g/mol. The van der Waals surface area contributed by atoms with Crippen LogP contribution in [0.4, 0.5) is 0 Å². The highest BCUT2D eigenvalue weighted by molar-refractivity contribution is 7.99. The normalized spacial score (nSPS) is 14.3. The first-order valence-electron chi connectivity index (χ1n) is 15.9. The molecule has 6 rings (SSSR count). The fourth-order valence-corrected chi connectivity index (χ4v) is 6.81. The van der Waals surface area contributed by atoms with Gasteiger partial charge in [0.1, 0.15) is 5.82 Å². The molecule has 1 aliphatic heterocycles. The molecule has 1 fully saturated rings. The minimum Gasteiger partial charge on any atom is -0.355 e. The van der Waals surface area contributed by atoms with Gasteiger partial charge >= 0.3 is 0 Å². The molecule has 0 atom stereocenters. The van der Waals surface area contributed by atoms with E-state index in [1.54, 1.807) is 0 Å². The van der Waals surface area contributed by atoms with Crippen molar-refractivity contribution in [2.24, 2.45) is 0 Å². The molecule has 0 unspecified atom stereocenters. The summed E-state index contributed by atoms with van der Waals surface area (Å²) in [6.45, 7) is 6.82. The third kappa shape index (κ3) is 8.39. The second kappa shape index (κ2) is 15.3. The van der Waals surface area contributed by atoms with Crippen molar-refractivity contribution in [3.05, 3.63) is 126 Å². The lowest BCUT2D eigenvalue weighted by molar-refractivity contribution is -0.118. The van der Waals surface area contributed by atoms with E-state index in [4.69, 9.17) is 5.10 Å². The molecule has 8 heteroatoms. The summed E-state index contributed by atoms with van der Waals surface area (Å²) in [7, 11) is 2.17. The van der Waals surface area contributed by atoms with Gasteiger partial charge in [0.25, 0.3) is 0 Å². The van der Waals surface area contributed by atoms with Crippen molar-refractivity contribution in [1.29, 1.82) is 0 Å². The number of hydrogen-bond acceptors (Lipinski definition) is 6. The molecule has 2 heterocycles. The molecule has 1 saturated heterocycles. The van der Waals surface area contributed by atoms with Crippen LogP contribution in [0.3, 0.4) is 0 Å². The Bertz CT molecular complexity index is 1630. The number of likely N-dealkylation sites (N-methyl/N-ethyl adjacent to an activating group) is 1. The van der Waals surface area contributed by atoms with Crippen molar-refractivity contribution >= 4 is 28.4 Å². The van der Waals surface area contributed by atoms with Crippen LogP contribution in [0.2, 0.25) is 0 Å². The van der Waals surface area contributed by atoms with E-state index in [1.807, 2.05) is 0 Å². The first-order valence-corrected chi connectivity index (χ1v) is 16.9. The van der Waals surface area contributed by atoms with Gasteiger partial charge in [0.05, 0.1) is 5.75 Å². The molecule has 5 aromatic rings. The Balaban J connectivity index is 1.18.